The summed E-state index contributed by atoms with van der Waals surface area (Å²) in [4.78, 5) is 25.7. The summed E-state index contributed by atoms with van der Waals surface area (Å²) < 4.78 is 5.32. The Hall–Kier alpha value is -2.63. The molecule has 2 N–H and O–H groups in total. The van der Waals surface area contributed by atoms with Gasteiger partial charge in [0.15, 0.2) is 5.82 Å². The minimum absolute atomic E-state index is 0.127. The molecule has 4 fully saturated rings. The van der Waals surface area contributed by atoms with E-state index in [-0.39, 0.29) is 22.6 Å². The molecule has 0 aliphatic heterocycles. The van der Waals surface area contributed by atoms with Crippen LogP contribution >= 0.6 is 0 Å². The van der Waals surface area contributed by atoms with Gasteiger partial charge in [0.1, 0.15) is 5.76 Å². The van der Waals surface area contributed by atoms with Gasteiger partial charge in [0.2, 0.25) is 5.91 Å². The topological polar surface area (TPSA) is 84.2 Å². The first-order valence-electron chi connectivity index (χ1n) is 11.9. The van der Waals surface area contributed by atoms with Crippen LogP contribution in [0, 0.1) is 23.2 Å². The van der Waals surface area contributed by atoms with Crippen LogP contribution in [0.15, 0.2) is 34.9 Å². The average Bonchev–Trinajstić information content (AvgIpc) is 3.20. The Morgan fingerprint density at radius 2 is 1.62 bits per heavy atom. The van der Waals surface area contributed by atoms with Gasteiger partial charge in [-0.15, -0.1) is 0 Å². The molecule has 4 aliphatic carbocycles. The normalized spacial score (nSPS) is 28.5. The first kappa shape index (κ1) is 21.2. The number of hydrogen-bond acceptors (Lipinski definition) is 4. The molecule has 1 aromatic carbocycles. The second-order valence-corrected chi connectivity index (χ2v) is 11.4. The van der Waals surface area contributed by atoms with Crippen molar-refractivity contribution in [2.45, 2.75) is 71.3 Å². The lowest BCUT2D eigenvalue weighted by atomic mass is 9.49. The molecule has 0 atom stereocenters. The number of hydrogen-bond donors (Lipinski definition) is 2. The van der Waals surface area contributed by atoms with Gasteiger partial charge >= 0.3 is 0 Å². The highest BCUT2D eigenvalue weighted by Crippen LogP contribution is 2.60. The highest BCUT2D eigenvalue weighted by Gasteiger charge is 2.54. The van der Waals surface area contributed by atoms with E-state index in [1.165, 1.54) is 19.3 Å². The molecule has 0 unspecified atom stereocenters. The maximum atomic E-state index is 13.1. The molecule has 4 bridgehead atoms. The Morgan fingerprint density at radius 3 is 2.16 bits per heavy atom. The van der Waals surface area contributed by atoms with E-state index in [0.29, 0.717) is 17.9 Å². The molecular formula is C26H33N3O3. The van der Waals surface area contributed by atoms with Crippen LogP contribution in [0.3, 0.4) is 0 Å². The summed E-state index contributed by atoms with van der Waals surface area (Å²) in [5.41, 5.74) is 1.24. The van der Waals surface area contributed by atoms with E-state index in [1.54, 1.807) is 18.2 Å². The summed E-state index contributed by atoms with van der Waals surface area (Å²) in [6.07, 6.45) is 7.22. The Kier molecular flexibility index (Phi) is 5.14. The van der Waals surface area contributed by atoms with Crippen molar-refractivity contribution in [2.75, 3.05) is 5.32 Å². The molecule has 2 amide bonds. The van der Waals surface area contributed by atoms with Crippen molar-refractivity contribution < 1.29 is 14.1 Å². The van der Waals surface area contributed by atoms with Gasteiger partial charge in [-0.3, -0.25) is 9.59 Å². The number of carbonyl (C=O) groups is 2. The van der Waals surface area contributed by atoms with Crippen molar-refractivity contribution in [3.8, 4) is 0 Å². The van der Waals surface area contributed by atoms with Crippen LogP contribution in [0.4, 0.5) is 5.82 Å². The molecule has 0 radical (unpaired) electrons. The van der Waals surface area contributed by atoms with Crippen LogP contribution in [-0.4, -0.2) is 17.0 Å². The van der Waals surface area contributed by atoms with E-state index in [1.807, 2.05) is 32.9 Å². The first-order valence-corrected chi connectivity index (χ1v) is 11.9. The van der Waals surface area contributed by atoms with Crippen molar-refractivity contribution in [1.29, 1.82) is 0 Å². The molecule has 0 spiro atoms. The molecule has 6 heteroatoms. The van der Waals surface area contributed by atoms with Gasteiger partial charge in [0, 0.05) is 29.0 Å². The SMILES string of the molecule is CC(C)(C)c1cc(NC(=O)c2ccc(CNC(=O)C34CC5CC(CC(C5)C3)C4)cc2)no1. The van der Waals surface area contributed by atoms with Gasteiger partial charge in [-0.2, -0.15) is 0 Å². The molecule has 4 saturated carbocycles. The molecule has 1 aromatic heterocycles. The molecule has 6 rings (SSSR count). The Labute approximate surface area is 189 Å². The van der Waals surface area contributed by atoms with E-state index in [4.69, 9.17) is 4.52 Å². The lowest BCUT2D eigenvalue weighted by Gasteiger charge is -2.55. The fraction of sp³-hybridized carbons (Fsp3) is 0.577. The Morgan fingerprint density at radius 1 is 1.03 bits per heavy atom. The minimum Gasteiger partial charge on any atom is -0.359 e. The zero-order valence-corrected chi connectivity index (χ0v) is 19.2. The highest BCUT2D eigenvalue weighted by molar-refractivity contribution is 6.03. The predicted octanol–water partition coefficient (Wildman–Crippen LogP) is 5.06. The third-order valence-electron chi connectivity index (χ3n) is 7.68. The van der Waals surface area contributed by atoms with E-state index in [9.17, 15) is 9.59 Å². The van der Waals surface area contributed by atoms with Gasteiger partial charge < -0.3 is 15.2 Å². The first-order chi connectivity index (χ1) is 15.2. The number of rotatable bonds is 5. The molecule has 0 saturated heterocycles. The maximum absolute atomic E-state index is 13.1. The smallest absolute Gasteiger partial charge is 0.256 e. The molecule has 170 valence electrons. The van der Waals surface area contributed by atoms with Crippen LogP contribution in [0.2, 0.25) is 0 Å². The molecule has 32 heavy (non-hydrogen) atoms. The number of carbonyl (C=O) groups excluding carboxylic acids is 2. The summed E-state index contributed by atoms with van der Waals surface area (Å²) >= 11 is 0. The van der Waals surface area contributed by atoms with Gasteiger partial charge in [0.25, 0.3) is 5.91 Å². The van der Waals surface area contributed by atoms with Crippen molar-refractivity contribution >= 4 is 17.6 Å². The predicted molar refractivity (Wildman–Crippen MR) is 122 cm³/mol. The number of amides is 2. The van der Waals surface area contributed by atoms with Crippen molar-refractivity contribution in [3.05, 3.63) is 47.2 Å². The molecule has 4 aliphatic rings. The third-order valence-corrected chi connectivity index (χ3v) is 7.68. The largest absolute Gasteiger partial charge is 0.359 e. The fourth-order valence-electron chi connectivity index (χ4n) is 6.41. The zero-order chi connectivity index (χ0) is 22.5. The second-order valence-electron chi connectivity index (χ2n) is 11.4. The Bertz CT molecular complexity index is 980. The standard InChI is InChI=1S/C26H33N3O3/c1-25(2,3)21-11-22(29-32-21)28-23(30)20-6-4-16(5-7-20)15-27-24(31)26-12-17-8-18(13-26)10-19(9-17)14-26/h4-7,11,17-19H,8-10,12-15H2,1-3H3,(H,27,31)(H,28,29,30). The van der Waals surface area contributed by atoms with Crippen molar-refractivity contribution in [2.24, 2.45) is 23.2 Å². The quantitative estimate of drug-likeness (QED) is 0.688. The average molecular weight is 436 g/mol. The molecule has 2 aromatic rings. The summed E-state index contributed by atoms with van der Waals surface area (Å²) in [5.74, 6) is 3.41. The number of benzene rings is 1. The summed E-state index contributed by atoms with van der Waals surface area (Å²) in [6.45, 7) is 6.58. The molecular weight excluding hydrogens is 402 g/mol. The van der Waals surface area contributed by atoms with Crippen LogP contribution < -0.4 is 10.6 Å². The van der Waals surface area contributed by atoms with E-state index >= 15 is 0 Å². The highest BCUT2D eigenvalue weighted by atomic mass is 16.5. The number of nitrogens with one attached hydrogen (secondary N) is 2. The maximum Gasteiger partial charge on any atom is 0.256 e. The minimum atomic E-state index is -0.233. The van der Waals surface area contributed by atoms with Gasteiger partial charge in [0.05, 0.1) is 0 Å². The van der Waals surface area contributed by atoms with Crippen molar-refractivity contribution in [1.82, 2.24) is 10.5 Å². The van der Waals surface area contributed by atoms with Crippen LogP contribution in [-0.2, 0) is 16.8 Å². The monoisotopic (exact) mass is 435 g/mol. The van der Waals surface area contributed by atoms with Crippen molar-refractivity contribution in [3.63, 3.8) is 0 Å². The summed E-state index contributed by atoms with van der Waals surface area (Å²) in [5, 5.41) is 9.92. The van der Waals surface area contributed by atoms with Crippen LogP contribution in [0.1, 0.15) is 81.0 Å². The fourth-order valence-corrected chi connectivity index (χ4v) is 6.41. The van der Waals surface area contributed by atoms with Gasteiger partial charge in [-0.1, -0.05) is 38.1 Å². The number of aromatic nitrogens is 1. The molecule has 1 heterocycles. The molecule has 6 nitrogen and oxygen atoms in total. The van der Waals surface area contributed by atoms with E-state index in [2.05, 4.69) is 15.8 Å². The number of nitrogens with zero attached hydrogens (tertiary/aromatic N) is 1. The van der Waals surface area contributed by atoms with Crippen LogP contribution in [0.25, 0.3) is 0 Å². The Balaban J connectivity index is 1.17. The second kappa shape index (κ2) is 7.75. The summed E-state index contributed by atoms with van der Waals surface area (Å²) in [7, 11) is 0. The van der Waals surface area contributed by atoms with E-state index < -0.39 is 0 Å². The van der Waals surface area contributed by atoms with Crippen LogP contribution in [0.5, 0.6) is 0 Å². The zero-order valence-electron chi connectivity index (χ0n) is 19.2. The third kappa shape index (κ3) is 4.07. The van der Waals surface area contributed by atoms with Gasteiger partial charge in [-0.25, -0.2) is 0 Å². The van der Waals surface area contributed by atoms with E-state index in [0.717, 1.165) is 48.3 Å². The number of anilines is 1. The lowest BCUT2D eigenvalue weighted by molar-refractivity contribution is -0.146. The lowest BCUT2D eigenvalue weighted by Crippen LogP contribution is -2.53. The summed E-state index contributed by atoms with van der Waals surface area (Å²) in [6, 6.07) is 9.13. The van der Waals surface area contributed by atoms with Gasteiger partial charge in [-0.05, 0) is 74.0 Å².